The zero-order chi connectivity index (χ0) is 23.4. The van der Waals surface area contributed by atoms with Crippen molar-refractivity contribution in [3.8, 4) is 0 Å². The average Bonchev–Trinajstić information content (AvgIpc) is 2.74. The molecule has 0 radical (unpaired) electrons. The first kappa shape index (κ1) is 25.8. The number of nitrogens with one attached hydrogen (secondary N) is 2. The van der Waals surface area contributed by atoms with Gasteiger partial charge >= 0.3 is 0 Å². The smallest absolute Gasteiger partial charge is 0.294 e. The number of benzene rings is 1. The van der Waals surface area contributed by atoms with Gasteiger partial charge in [-0.15, -0.1) is 4.33 Å². The Balaban J connectivity index is 2.21. The second-order valence-electron chi connectivity index (χ2n) is 5.86. The Morgan fingerprint density at radius 1 is 1.22 bits per heavy atom. The van der Waals surface area contributed by atoms with Gasteiger partial charge in [-0.2, -0.15) is 23.4 Å². The monoisotopic (exact) mass is 490 g/mol. The maximum absolute atomic E-state index is 11.5. The van der Waals surface area contributed by atoms with Crippen LogP contribution < -0.4 is 10.6 Å². The van der Waals surface area contributed by atoms with Gasteiger partial charge in [0, 0.05) is 30.5 Å². The maximum Gasteiger partial charge on any atom is 0.294 e. The molecule has 0 aliphatic heterocycles. The molecule has 2 rings (SSSR count). The molecule has 0 atom stereocenters. The lowest BCUT2D eigenvalue weighted by atomic mass is 10.2. The Morgan fingerprint density at radius 2 is 2.00 bits per heavy atom. The van der Waals surface area contributed by atoms with Crippen molar-refractivity contribution >= 4 is 51.9 Å². The predicted octanol–water partition coefficient (Wildman–Crippen LogP) is 1.36. The van der Waals surface area contributed by atoms with Crippen LogP contribution in [0.25, 0.3) is 0 Å². The Morgan fingerprint density at radius 3 is 2.72 bits per heavy atom. The molecule has 0 fully saturated rings. The van der Waals surface area contributed by atoms with Gasteiger partial charge in [-0.05, 0) is 24.6 Å². The minimum absolute atomic E-state index is 0.0221. The van der Waals surface area contributed by atoms with Gasteiger partial charge < -0.3 is 20.5 Å². The molecule has 0 unspecified atom stereocenters. The lowest BCUT2D eigenvalue weighted by molar-refractivity contribution is -0.432. The highest BCUT2D eigenvalue weighted by atomic mass is 32.2. The first-order chi connectivity index (χ1) is 15.3. The van der Waals surface area contributed by atoms with Crippen LogP contribution in [0, 0.1) is 6.92 Å². The Labute approximate surface area is 187 Å². The van der Waals surface area contributed by atoms with Gasteiger partial charge in [0.05, 0.1) is 30.5 Å². The third-order valence-electron chi connectivity index (χ3n) is 3.54. The maximum atomic E-state index is 11.5. The largest absolute Gasteiger partial charge is 0.394 e. The predicted molar refractivity (Wildman–Crippen MR) is 116 cm³/mol. The topological polar surface area (TPSA) is 198 Å². The minimum Gasteiger partial charge on any atom is -0.394 e. The fourth-order valence-electron chi connectivity index (χ4n) is 2.24. The number of aliphatic imine (C=N–C) groups is 1. The Kier molecular flexibility index (Phi) is 10.6. The van der Waals surface area contributed by atoms with Gasteiger partial charge in [-0.25, -0.2) is 10.2 Å². The molecule has 5 N–H and O–H groups in total. The summed E-state index contributed by atoms with van der Waals surface area (Å²) in [7, 11) is -4.41. The number of anilines is 3. The number of rotatable bonds is 14. The molecule has 0 saturated carbocycles. The summed E-state index contributed by atoms with van der Waals surface area (Å²) in [6.07, 6.45) is 1.40. The van der Waals surface area contributed by atoms with Crippen LogP contribution in [0.1, 0.15) is 5.56 Å². The highest BCUT2D eigenvalue weighted by molar-refractivity contribution is 7.95. The second kappa shape index (κ2) is 13.2. The van der Waals surface area contributed by atoms with Gasteiger partial charge in [0.25, 0.3) is 16.1 Å². The van der Waals surface area contributed by atoms with Gasteiger partial charge in [0.15, 0.2) is 0 Å². The lowest BCUT2D eigenvalue weighted by Crippen LogP contribution is -2.14. The molecule has 1 aromatic heterocycles. The van der Waals surface area contributed by atoms with E-state index in [1.54, 1.807) is 13.0 Å². The average molecular weight is 491 g/mol. The van der Waals surface area contributed by atoms with E-state index in [0.29, 0.717) is 24.4 Å². The summed E-state index contributed by atoms with van der Waals surface area (Å²) in [4.78, 5) is 16.3. The number of aryl methyl sites for hydroxylation is 1. The van der Waals surface area contributed by atoms with Crippen molar-refractivity contribution in [2.45, 2.75) is 11.8 Å². The van der Waals surface area contributed by atoms with Gasteiger partial charge in [0.2, 0.25) is 11.9 Å². The lowest BCUT2D eigenvalue weighted by Gasteiger charge is -2.10. The van der Waals surface area contributed by atoms with Crippen molar-refractivity contribution < 1.29 is 37.4 Å². The van der Waals surface area contributed by atoms with Crippen molar-refractivity contribution in [2.75, 3.05) is 42.8 Å². The first-order valence-corrected chi connectivity index (χ1v) is 11.3. The number of aliphatic hydroxyl groups is 1. The summed E-state index contributed by atoms with van der Waals surface area (Å²) in [5.74, 6) is 0.446. The van der Waals surface area contributed by atoms with Crippen LogP contribution >= 0.6 is 12.0 Å². The zero-order valence-electron chi connectivity index (χ0n) is 16.8. The molecule has 2 aromatic rings. The molecular weight excluding hydrogens is 468 g/mol. The van der Waals surface area contributed by atoms with Crippen LogP contribution in [0.4, 0.5) is 23.5 Å². The van der Waals surface area contributed by atoms with Crippen LogP contribution in [0.15, 0.2) is 28.1 Å². The van der Waals surface area contributed by atoms with Crippen LogP contribution in [-0.2, 0) is 24.2 Å². The van der Waals surface area contributed by atoms with E-state index in [1.165, 1.54) is 18.3 Å². The van der Waals surface area contributed by atoms with E-state index in [-0.39, 0.29) is 41.7 Å². The summed E-state index contributed by atoms with van der Waals surface area (Å²) in [5, 5.41) is 26.1. The summed E-state index contributed by atoms with van der Waals surface area (Å²) in [5.41, 5.74) is 0.682. The minimum atomic E-state index is -4.41. The number of aliphatic hydroxyl groups excluding tert-OH is 1. The van der Waals surface area contributed by atoms with Crippen molar-refractivity contribution in [3.63, 3.8) is 0 Å². The summed E-state index contributed by atoms with van der Waals surface area (Å²) in [6, 6.07) is 4.36. The second-order valence-corrected chi connectivity index (χ2v) is 7.96. The molecule has 0 saturated heterocycles. The molecule has 1 aromatic carbocycles. The fraction of sp³-hybridized carbons (Fsp3) is 0.375. The molecule has 16 heteroatoms. The Bertz CT molecular complexity index is 1010. The summed E-state index contributed by atoms with van der Waals surface area (Å²) in [6.45, 7) is 2.28. The molecule has 0 bridgehead atoms. The standard InChI is InChI=1S/C16H22N6O8S2/c1-11-2-3-12(10-13(11)32(25,26)27)19-16-21-14(17-4-7-28-8-6-23)20-15(22-16)18-5-9-31-30-29-24/h2-3,5,10,23-24H,4,6-9H2,1H3,(H,25,26,27)(H2,17,19,20,21,22)/b18-5-. The molecule has 176 valence electrons. The normalized spacial score (nSPS) is 11.8. The number of ether oxygens (including phenoxy) is 1. The fourth-order valence-corrected chi connectivity index (χ4v) is 3.23. The van der Waals surface area contributed by atoms with Crippen molar-refractivity contribution in [1.29, 1.82) is 0 Å². The summed E-state index contributed by atoms with van der Waals surface area (Å²) >= 11 is 0.769. The van der Waals surface area contributed by atoms with E-state index in [1.807, 2.05) is 0 Å². The van der Waals surface area contributed by atoms with Crippen LogP contribution in [0.2, 0.25) is 0 Å². The van der Waals surface area contributed by atoms with E-state index < -0.39 is 10.1 Å². The van der Waals surface area contributed by atoms with E-state index in [9.17, 15) is 13.0 Å². The highest BCUT2D eigenvalue weighted by Crippen LogP contribution is 2.23. The summed E-state index contributed by atoms with van der Waals surface area (Å²) < 4.78 is 41.9. The molecule has 14 nitrogen and oxygen atoms in total. The third-order valence-corrected chi connectivity index (χ3v) is 4.98. The number of nitrogens with zero attached hydrogens (tertiary/aromatic N) is 4. The number of hydrogen-bond acceptors (Lipinski definition) is 14. The quantitative estimate of drug-likeness (QED) is 0.0635. The van der Waals surface area contributed by atoms with Gasteiger partial charge in [0.1, 0.15) is 0 Å². The SMILES string of the molecule is Cc1ccc(Nc2nc(/N=C\CSOOO)nc(NCCOCCO)n2)cc1S(=O)(=O)O. The first-order valence-electron chi connectivity index (χ1n) is 8.99. The zero-order valence-corrected chi connectivity index (χ0v) is 18.5. The van der Waals surface area contributed by atoms with E-state index in [0.717, 1.165) is 12.0 Å². The van der Waals surface area contributed by atoms with Gasteiger partial charge in [-0.3, -0.25) is 4.55 Å². The van der Waals surface area contributed by atoms with Crippen LogP contribution in [-0.4, -0.2) is 76.6 Å². The van der Waals surface area contributed by atoms with Crippen molar-refractivity contribution in [1.82, 2.24) is 15.0 Å². The molecule has 0 spiro atoms. The third kappa shape index (κ3) is 8.97. The molecule has 32 heavy (non-hydrogen) atoms. The van der Waals surface area contributed by atoms with E-state index in [2.05, 4.69) is 39.9 Å². The molecule has 0 aliphatic rings. The van der Waals surface area contributed by atoms with Crippen molar-refractivity contribution in [3.05, 3.63) is 23.8 Å². The number of aromatic nitrogens is 3. The van der Waals surface area contributed by atoms with Gasteiger partial charge in [-0.1, -0.05) is 11.1 Å². The molecular formula is C16H22N6O8S2. The Hall–Kier alpha value is -2.44. The van der Waals surface area contributed by atoms with Crippen LogP contribution in [0.3, 0.4) is 0 Å². The molecule has 1 heterocycles. The number of hydrogen-bond donors (Lipinski definition) is 5. The highest BCUT2D eigenvalue weighted by Gasteiger charge is 2.14. The van der Waals surface area contributed by atoms with E-state index in [4.69, 9.17) is 15.1 Å². The molecule has 0 aliphatic carbocycles. The van der Waals surface area contributed by atoms with Crippen LogP contribution in [0.5, 0.6) is 0 Å². The molecule has 0 amide bonds. The van der Waals surface area contributed by atoms with Crippen molar-refractivity contribution in [2.24, 2.45) is 4.99 Å². The van der Waals surface area contributed by atoms with E-state index >= 15 is 0 Å².